The molecule has 1 aromatic rings. The van der Waals surface area contributed by atoms with Crippen LogP contribution >= 0.6 is 12.6 Å². The van der Waals surface area contributed by atoms with Gasteiger partial charge < -0.3 is 4.90 Å². The molecule has 0 amide bonds. The molecule has 72 valence electrons. The predicted octanol–water partition coefficient (Wildman–Crippen LogP) is 2.67. The van der Waals surface area contributed by atoms with Crippen molar-refractivity contribution in [1.29, 1.82) is 0 Å². The zero-order valence-electron chi connectivity index (χ0n) is 8.54. The van der Waals surface area contributed by atoms with Crippen molar-refractivity contribution in [1.82, 2.24) is 0 Å². The summed E-state index contributed by atoms with van der Waals surface area (Å²) in [5.41, 5.74) is 3.92. The number of nitrogens with zero attached hydrogens (tertiary/aromatic N) is 1. The van der Waals surface area contributed by atoms with Gasteiger partial charge in [0.15, 0.2) is 0 Å². The van der Waals surface area contributed by atoms with Crippen LogP contribution in [0.5, 0.6) is 0 Å². The second-order valence-electron chi connectivity index (χ2n) is 3.49. The van der Waals surface area contributed by atoms with Crippen molar-refractivity contribution in [2.24, 2.45) is 0 Å². The Morgan fingerprint density at radius 3 is 2.15 bits per heavy atom. The van der Waals surface area contributed by atoms with Crippen molar-refractivity contribution >= 4 is 18.3 Å². The van der Waals surface area contributed by atoms with Crippen molar-refractivity contribution in [3.05, 3.63) is 29.3 Å². The first-order valence-electron chi connectivity index (χ1n) is 4.54. The number of hydrogen-bond donors (Lipinski definition) is 1. The first-order valence-corrected chi connectivity index (χ1v) is 5.17. The van der Waals surface area contributed by atoms with Crippen molar-refractivity contribution in [3.63, 3.8) is 0 Å². The van der Waals surface area contributed by atoms with Gasteiger partial charge in [0.25, 0.3) is 0 Å². The van der Waals surface area contributed by atoms with E-state index in [1.807, 2.05) is 0 Å². The van der Waals surface area contributed by atoms with E-state index < -0.39 is 0 Å². The molecule has 0 radical (unpaired) electrons. The fourth-order valence-corrected chi connectivity index (χ4v) is 1.75. The molecular weight excluding hydrogens is 178 g/mol. The summed E-state index contributed by atoms with van der Waals surface area (Å²) in [5, 5.41) is 0. The van der Waals surface area contributed by atoms with E-state index in [1.54, 1.807) is 0 Å². The first-order chi connectivity index (χ1) is 6.13. The molecule has 0 aliphatic rings. The fraction of sp³-hybridized carbons (Fsp3) is 0.455. The lowest BCUT2D eigenvalue weighted by molar-refractivity contribution is 0.976. The van der Waals surface area contributed by atoms with Crippen molar-refractivity contribution in [2.45, 2.75) is 13.8 Å². The average molecular weight is 195 g/mol. The maximum absolute atomic E-state index is 4.22. The van der Waals surface area contributed by atoms with Gasteiger partial charge in [-0.3, -0.25) is 0 Å². The normalized spacial score (nSPS) is 10.2. The summed E-state index contributed by atoms with van der Waals surface area (Å²) in [7, 11) is 2.10. The van der Waals surface area contributed by atoms with Gasteiger partial charge in [-0.1, -0.05) is 6.07 Å². The number of hydrogen-bond acceptors (Lipinski definition) is 2. The lowest BCUT2D eigenvalue weighted by Gasteiger charge is -2.19. The molecule has 0 bridgehead atoms. The van der Waals surface area contributed by atoms with Gasteiger partial charge in [0, 0.05) is 25.0 Å². The lowest BCUT2D eigenvalue weighted by Crippen LogP contribution is -2.19. The highest BCUT2D eigenvalue weighted by molar-refractivity contribution is 7.80. The molecule has 0 fully saturated rings. The minimum atomic E-state index is 0.892. The SMILES string of the molecule is Cc1cc(C)cc(N(C)CCS)c1. The highest BCUT2D eigenvalue weighted by Crippen LogP contribution is 2.17. The quantitative estimate of drug-likeness (QED) is 0.726. The van der Waals surface area contributed by atoms with Crippen LogP contribution in [0.25, 0.3) is 0 Å². The number of thiol groups is 1. The summed E-state index contributed by atoms with van der Waals surface area (Å²) >= 11 is 4.22. The van der Waals surface area contributed by atoms with Gasteiger partial charge >= 0.3 is 0 Å². The highest BCUT2D eigenvalue weighted by atomic mass is 32.1. The van der Waals surface area contributed by atoms with E-state index in [0.29, 0.717) is 0 Å². The Bertz CT molecular complexity index is 263. The molecule has 0 saturated carbocycles. The third-order valence-corrected chi connectivity index (χ3v) is 2.28. The van der Waals surface area contributed by atoms with Crippen molar-refractivity contribution in [2.75, 3.05) is 24.2 Å². The molecule has 0 aliphatic heterocycles. The summed E-state index contributed by atoms with van der Waals surface area (Å²) in [5.74, 6) is 0.892. The van der Waals surface area contributed by atoms with Gasteiger partial charge in [0.1, 0.15) is 0 Å². The Labute approximate surface area is 86.2 Å². The molecular formula is C11H17NS. The molecule has 13 heavy (non-hydrogen) atoms. The fourth-order valence-electron chi connectivity index (χ4n) is 1.45. The molecule has 1 nitrogen and oxygen atoms in total. The van der Waals surface area contributed by atoms with Crippen LogP contribution in [0.3, 0.4) is 0 Å². The zero-order chi connectivity index (χ0) is 9.84. The third kappa shape index (κ3) is 2.96. The molecule has 0 aliphatic carbocycles. The summed E-state index contributed by atoms with van der Waals surface area (Å²) in [6, 6.07) is 6.60. The van der Waals surface area contributed by atoms with Crippen LogP contribution in [0.15, 0.2) is 18.2 Å². The minimum Gasteiger partial charge on any atom is -0.374 e. The summed E-state index contributed by atoms with van der Waals surface area (Å²) in [6.07, 6.45) is 0. The van der Waals surface area contributed by atoms with Gasteiger partial charge in [0.05, 0.1) is 0 Å². The Hall–Kier alpha value is -0.630. The van der Waals surface area contributed by atoms with Crippen LogP contribution < -0.4 is 4.90 Å². The Morgan fingerprint density at radius 1 is 1.15 bits per heavy atom. The smallest absolute Gasteiger partial charge is 0.0369 e. The number of aryl methyl sites for hydroxylation is 2. The van der Waals surface area contributed by atoms with Gasteiger partial charge in [0.2, 0.25) is 0 Å². The summed E-state index contributed by atoms with van der Waals surface area (Å²) in [4.78, 5) is 2.23. The molecule has 1 aromatic carbocycles. The molecule has 0 N–H and O–H groups in total. The Morgan fingerprint density at radius 2 is 1.69 bits per heavy atom. The maximum atomic E-state index is 4.22. The van der Waals surface area contributed by atoms with Crippen molar-refractivity contribution in [3.8, 4) is 0 Å². The minimum absolute atomic E-state index is 0.892. The van der Waals surface area contributed by atoms with Crippen LogP contribution in [0.2, 0.25) is 0 Å². The average Bonchev–Trinajstić information content (AvgIpc) is 2.03. The first kappa shape index (κ1) is 10.5. The molecule has 0 unspecified atom stereocenters. The Balaban J connectivity index is 2.87. The largest absolute Gasteiger partial charge is 0.374 e. The van der Waals surface area contributed by atoms with Crippen LogP contribution in [-0.4, -0.2) is 19.3 Å². The van der Waals surface area contributed by atoms with Crippen LogP contribution in [0.1, 0.15) is 11.1 Å². The highest BCUT2D eigenvalue weighted by Gasteiger charge is 2.00. The second-order valence-corrected chi connectivity index (χ2v) is 3.94. The van der Waals surface area contributed by atoms with E-state index in [4.69, 9.17) is 0 Å². The molecule has 0 spiro atoms. The van der Waals surface area contributed by atoms with E-state index in [2.05, 4.69) is 56.6 Å². The lowest BCUT2D eigenvalue weighted by atomic mass is 10.1. The summed E-state index contributed by atoms with van der Waals surface area (Å²) in [6.45, 7) is 5.25. The molecule has 2 heteroatoms. The van der Waals surface area contributed by atoms with Gasteiger partial charge in [-0.15, -0.1) is 0 Å². The standard InChI is InChI=1S/C11H17NS/c1-9-6-10(2)8-11(7-9)12(3)4-5-13/h6-8,13H,4-5H2,1-3H3. The van der Waals surface area contributed by atoms with E-state index in [-0.39, 0.29) is 0 Å². The molecule has 0 atom stereocenters. The van der Waals surface area contributed by atoms with Crippen LogP contribution in [0, 0.1) is 13.8 Å². The second kappa shape index (κ2) is 4.56. The van der Waals surface area contributed by atoms with E-state index in [1.165, 1.54) is 16.8 Å². The molecule has 1 rings (SSSR count). The number of anilines is 1. The number of rotatable bonds is 3. The van der Waals surface area contributed by atoms with Crippen molar-refractivity contribution < 1.29 is 0 Å². The topological polar surface area (TPSA) is 3.24 Å². The van der Waals surface area contributed by atoms with Crippen LogP contribution in [-0.2, 0) is 0 Å². The predicted molar refractivity (Wildman–Crippen MR) is 63.0 cm³/mol. The van der Waals surface area contributed by atoms with E-state index in [9.17, 15) is 0 Å². The number of benzene rings is 1. The third-order valence-electron chi connectivity index (χ3n) is 2.08. The maximum Gasteiger partial charge on any atom is 0.0369 e. The summed E-state index contributed by atoms with van der Waals surface area (Å²) < 4.78 is 0. The molecule has 0 heterocycles. The van der Waals surface area contributed by atoms with Gasteiger partial charge in [-0.25, -0.2) is 0 Å². The van der Waals surface area contributed by atoms with Gasteiger partial charge in [-0.05, 0) is 37.1 Å². The van der Waals surface area contributed by atoms with E-state index >= 15 is 0 Å². The van der Waals surface area contributed by atoms with Crippen LogP contribution in [0.4, 0.5) is 5.69 Å². The molecule has 0 aromatic heterocycles. The van der Waals surface area contributed by atoms with Gasteiger partial charge in [-0.2, -0.15) is 12.6 Å². The monoisotopic (exact) mass is 195 g/mol. The Kier molecular flexibility index (Phi) is 3.67. The van der Waals surface area contributed by atoms with E-state index in [0.717, 1.165) is 12.3 Å². The molecule has 0 saturated heterocycles. The zero-order valence-corrected chi connectivity index (χ0v) is 9.44.